The molecule has 0 aromatic rings. The van der Waals surface area contributed by atoms with Crippen LogP contribution in [0.25, 0.3) is 0 Å². The van der Waals surface area contributed by atoms with Gasteiger partial charge in [0.25, 0.3) is 0 Å². The van der Waals surface area contributed by atoms with Crippen molar-refractivity contribution in [3.05, 3.63) is 35.5 Å². The largest absolute Gasteiger partial charge is 0.389 e. The molecule has 0 unspecified atom stereocenters. The maximum Gasteiger partial charge on any atom is 0.182 e. The first-order chi connectivity index (χ1) is 14.8. The lowest BCUT2D eigenvalue weighted by atomic mass is 9.46. The predicted molar refractivity (Wildman–Crippen MR) is 127 cm³/mol. The fraction of sp³-hybridized carbons (Fsp3) is 0.750. The van der Waals surface area contributed by atoms with Crippen LogP contribution >= 0.6 is 0 Å². The van der Waals surface area contributed by atoms with E-state index in [2.05, 4.69) is 46.8 Å². The lowest BCUT2D eigenvalue weighted by Crippen LogP contribution is -2.66. The van der Waals surface area contributed by atoms with E-state index in [0.29, 0.717) is 60.5 Å². The Bertz CT molecular complexity index is 884. The molecule has 4 aliphatic rings. The molecular formula is C28H42O4. The monoisotopic (exact) mass is 442 g/mol. The van der Waals surface area contributed by atoms with Gasteiger partial charge < -0.3 is 15.3 Å². The number of hydrogen-bond donors (Lipinski definition) is 3. The summed E-state index contributed by atoms with van der Waals surface area (Å²) in [5.74, 6) is 1.55. The third kappa shape index (κ3) is 3.09. The first-order valence-corrected chi connectivity index (χ1v) is 12.6. The van der Waals surface area contributed by atoms with E-state index in [1.54, 1.807) is 6.08 Å². The van der Waals surface area contributed by atoms with E-state index in [1.165, 1.54) is 6.08 Å². The molecule has 0 aliphatic heterocycles. The summed E-state index contributed by atoms with van der Waals surface area (Å²) in [6, 6.07) is 0. The summed E-state index contributed by atoms with van der Waals surface area (Å²) in [5, 5.41) is 34.5. The smallest absolute Gasteiger partial charge is 0.182 e. The number of rotatable bonds is 4. The van der Waals surface area contributed by atoms with Crippen LogP contribution in [0.15, 0.2) is 35.5 Å². The standard InChI is InChI=1S/C28H42O4/c1-17(2)18(3)7-8-19(4)21-10-12-27(31)24-16-23(30)22-15-20(29)9-11-25(22,5)28(24,32)14-13-26(21,27)6/h7-8,15-21,29,31-32H,9-14H2,1-6H3/b8-7+/t18-,19+,20-,21+,25-,26+,27-,28+/m0/s1. The highest BCUT2D eigenvalue weighted by atomic mass is 16.3. The van der Waals surface area contributed by atoms with Gasteiger partial charge in [0.2, 0.25) is 0 Å². The maximum atomic E-state index is 13.2. The number of ketones is 1. The molecule has 0 heterocycles. The van der Waals surface area contributed by atoms with Crippen molar-refractivity contribution in [2.24, 2.45) is 34.5 Å². The van der Waals surface area contributed by atoms with E-state index >= 15 is 0 Å². The Labute approximate surface area is 193 Å². The second-order valence-corrected chi connectivity index (χ2v) is 12.1. The van der Waals surface area contributed by atoms with Crippen LogP contribution in [-0.4, -0.2) is 38.4 Å². The molecule has 4 aliphatic carbocycles. The van der Waals surface area contributed by atoms with Gasteiger partial charge in [0.15, 0.2) is 5.78 Å². The number of hydrogen-bond acceptors (Lipinski definition) is 4. The molecule has 4 rings (SSSR count). The minimum absolute atomic E-state index is 0.161. The molecule has 4 heteroatoms. The molecule has 4 nitrogen and oxygen atoms in total. The van der Waals surface area contributed by atoms with Gasteiger partial charge in [0.1, 0.15) is 0 Å². The lowest BCUT2D eigenvalue weighted by Gasteiger charge is -2.61. The summed E-state index contributed by atoms with van der Waals surface area (Å²) in [5.41, 5.74) is -2.53. The molecule has 178 valence electrons. The molecule has 8 atom stereocenters. The van der Waals surface area contributed by atoms with Crippen molar-refractivity contribution in [1.82, 2.24) is 0 Å². The first-order valence-electron chi connectivity index (χ1n) is 12.6. The molecule has 0 spiro atoms. The van der Waals surface area contributed by atoms with Gasteiger partial charge in [-0.1, -0.05) is 53.7 Å². The van der Waals surface area contributed by atoms with Gasteiger partial charge in [-0.05, 0) is 79.9 Å². The molecule has 2 fully saturated rings. The minimum atomic E-state index is -1.25. The zero-order valence-corrected chi connectivity index (χ0v) is 20.7. The highest BCUT2D eigenvalue weighted by Crippen LogP contribution is 2.68. The minimum Gasteiger partial charge on any atom is -0.389 e. The third-order valence-corrected chi connectivity index (χ3v) is 10.2. The Kier molecular flexibility index (Phi) is 5.71. The molecule has 0 bridgehead atoms. The van der Waals surface area contributed by atoms with Crippen LogP contribution in [0.4, 0.5) is 0 Å². The molecular weight excluding hydrogens is 400 g/mol. The first kappa shape index (κ1) is 23.9. The van der Waals surface area contributed by atoms with Gasteiger partial charge >= 0.3 is 0 Å². The second kappa shape index (κ2) is 7.65. The number of allylic oxidation sites excluding steroid dienone is 3. The normalized spacial score (nSPS) is 45.8. The van der Waals surface area contributed by atoms with E-state index in [4.69, 9.17) is 0 Å². The van der Waals surface area contributed by atoms with Gasteiger partial charge in [-0.15, -0.1) is 0 Å². The molecule has 2 saturated carbocycles. The highest BCUT2D eigenvalue weighted by molar-refractivity contribution is 6.07. The van der Waals surface area contributed by atoms with Crippen LogP contribution in [-0.2, 0) is 4.79 Å². The van der Waals surface area contributed by atoms with Crippen LogP contribution in [0.5, 0.6) is 0 Å². The van der Waals surface area contributed by atoms with E-state index in [-0.39, 0.29) is 11.2 Å². The second-order valence-electron chi connectivity index (χ2n) is 12.1. The van der Waals surface area contributed by atoms with Crippen LogP contribution < -0.4 is 0 Å². The quantitative estimate of drug-likeness (QED) is 0.550. The zero-order chi connectivity index (χ0) is 23.7. The molecule has 0 radical (unpaired) electrons. The number of aliphatic hydroxyl groups excluding tert-OH is 1. The Morgan fingerprint density at radius 1 is 0.969 bits per heavy atom. The summed E-state index contributed by atoms with van der Waals surface area (Å²) in [6.07, 6.45) is 10.9. The molecule has 0 saturated heterocycles. The van der Waals surface area contributed by atoms with Gasteiger partial charge in [0.05, 0.1) is 17.3 Å². The van der Waals surface area contributed by atoms with Crippen molar-refractivity contribution in [3.63, 3.8) is 0 Å². The van der Waals surface area contributed by atoms with Crippen molar-refractivity contribution in [1.29, 1.82) is 0 Å². The molecule has 0 aromatic carbocycles. The molecule has 0 aromatic heterocycles. The van der Waals surface area contributed by atoms with Crippen molar-refractivity contribution in [2.45, 2.75) is 97.4 Å². The third-order valence-electron chi connectivity index (χ3n) is 10.2. The van der Waals surface area contributed by atoms with Crippen LogP contribution in [0.1, 0.15) is 80.1 Å². The predicted octanol–water partition coefficient (Wildman–Crippen LogP) is 4.74. The van der Waals surface area contributed by atoms with Gasteiger partial charge in [-0.2, -0.15) is 0 Å². The Morgan fingerprint density at radius 3 is 2.31 bits per heavy atom. The molecule has 3 N–H and O–H groups in total. The summed E-state index contributed by atoms with van der Waals surface area (Å²) in [4.78, 5) is 13.2. The average molecular weight is 443 g/mol. The summed E-state index contributed by atoms with van der Waals surface area (Å²) in [6.45, 7) is 13.1. The van der Waals surface area contributed by atoms with Crippen molar-refractivity contribution < 1.29 is 20.1 Å². The van der Waals surface area contributed by atoms with Crippen molar-refractivity contribution >= 4 is 5.78 Å². The van der Waals surface area contributed by atoms with Gasteiger partial charge in [-0.3, -0.25) is 4.79 Å². The summed E-state index contributed by atoms with van der Waals surface area (Å²) in [7, 11) is 0. The number of fused-ring (bicyclic) bond motifs is 5. The van der Waals surface area contributed by atoms with E-state index < -0.39 is 22.7 Å². The number of carbonyl (C=O) groups is 1. The van der Waals surface area contributed by atoms with Gasteiger partial charge in [0, 0.05) is 16.4 Å². The SMILES string of the molecule is CC(C)[C@@H](C)/C=C/[C@@H](C)[C@H]1CC[C@]2(O)C3=CC(=O)C4=C[C@@H](O)CC[C@]4(C)[C@@]3(O)CC[C@]12C. The zero-order valence-electron chi connectivity index (χ0n) is 20.7. The highest BCUT2D eigenvalue weighted by Gasteiger charge is 2.70. The Balaban J connectivity index is 1.72. The number of aliphatic hydroxyl groups is 3. The lowest BCUT2D eigenvalue weighted by molar-refractivity contribution is -0.158. The van der Waals surface area contributed by atoms with Gasteiger partial charge in [-0.25, -0.2) is 0 Å². The molecule has 32 heavy (non-hydrogen) atoms. The fourth-order valence-electron chi connectivity index (χ4n) is 7.41. The van der Waals surface area contributed by atoms with E-state index in [1.807, 2.05) is 6.92 Å². The van der Waals surface area contributed by atoms with Crippen LogP contribution in [0.2, 0.25) is 0 Å². The Hall–Kier alpha value is -1.23. The average Bonchev–Trinajstić information content (AvgIpc) is 3.01. The molecule has 0 amide bonds. The van der Waals surface area contributed by atoms with Crippen LogP contribution in [0.3, 0.4) is 0 Å². The summed E-state index contributed by atoms with van der Waals surface area (Å²) < 4.78 is 0. The number of carbonyl (C=O) groups excluding carboxylic acids is 1. The van der Waals surface area contributed by atoms with E-state index in [9.17, 15) is 20.1 Å². The Morgan fingerprint density at radius 2 is 1.66 bits per heavy atom. The summed E-state index contributed by atoms with van der Waals surface area (Å²) >= 11 is 0. The fourth-order valence-corrected chi connectivity index (χ4v) is 7.41. The van der Waals surface area contributed by atoms with Crippen molar-refractivity contribution in [2.75, 3.05) is 0 Å². The van der Waals surface area contributed by atoms with E-state index in [0.717, 1.165) is 12.8 Å². The van der Waals surface area contributed by atoms with Crippen molar-refractivity contribution in [3.8, 4) is 0 Å². The van der Waals surface area contributed by atoms with Crippen LogP contribution in [0, 0.1) is 34.5 Å². The topological polar surface area (TPSA) is 77.8 Å². The maximum absolute atomic E-state index is 13.2.